The van der Waals surface area contributed by atoms with Crippen LogP contribution in [0.25, 0.3) is 0 Å². The minimum absolute atomic E-state index is 0.142. The summed E-state index contributed by atoms with van der Waals surface area (Å²) in [6.07, 6.45) is 0. The Labute approximate surface area is 162 Å². The van der Waals surface area contributed by atoms with Gasteiger partial charge in [-0.05, 0) is 17.7 Å². The molecule has 9 heteroatoms. The molecule has 0 aliphatic carbocycles. The normalized spacial score (nSPS) is 11.1. The van der Waals surface area contributed by atoms with Gasteiger partial charge in [-0.1, -0.05) is 23.7 Å². The molecule has 0 atom stereocenters. The summed E-state index contributed by atoms with van der Waals surface area (Å²) in [5.41, 5.74) is -1.31. The van der Waals surface area contributed by atoms with Gasteiger partial charge < -0.3 is 29.3 Å². The molecule has 3 aromatic rings. The van der Waals surface area contributed by atoms with Crippen molar-refractivity contribution in [1.29, 1.82) is 0 Å². The van der Waals surface area contributed by atoms with Crippen LogP contribution in [0.2, 0.25) is 5.02 Å². The summed E-state index contributed by atoms with van der Waals surface area (Å²) >= 11 is 5.90. The Kier molecular flexibility index (Phi) is 5.55. The summed E-state index contributed by atoms with van der Waals surface area (Å²) < 4.78 is 10.9. The largest absolute Gasteiger partial charge is 0.502 e. The summed E-state index contributed by atoms with van der Waals surface area (Å²) in [5, 5.41) is 39.6. The smallest absolute Gasteiger partial charge is 0.227 e. The van der Waals surface area contributed by atoms with Gasteiger partial charge in [0, 0.05) is 17.2 Å². The Morgan fingerprint density at radius 3 is 1.64 bits per heavy atom. The van der Waals surface area contributed by atoms with Gasteiger partial charge in [0.05, 0.1) is 0 Å². The van der Waals surface area contributed by atoms with E-state index in [-0.39, 0.29) is 23.0 Å². The number of aliphatic hydroxyl groups excluding tert-OH is 2. The molecule has 28 heavy (non-hydrogen) atoms. The first-order chi connectivity index (χ1) is 13.3. The van der Waals surface area contributed by atoms with Gasteiger partial charge in [0.1, 0.15) is 30.7 Å². The molecule has 0 bridgehead atoms. The van der Waals surface area contributed by atoms with Gasteiger partial charge in [-0.25, -0.2) is 0 Å². The number of hydrogen-bond donors (Lipinski definition) is 4. The van der Waals surface area contributed by atoms with Crippen LogP contribution in [0.15, 0.2) is 54.8 Å². The highest BCUT2D eigenvalue weighted by Crippen LogP contribution is 2.39. The minimum Gasteiger partial charge on any atom is -0.502 e. The van der Waals surface area contributed by atoms with Crippen LogP contribution in [-0.2, 0) is 13.2 Å². The minimum atomic E-state index is -1.24. The first kappa shape index (κ1) is 19.7. The van der Waals surface area contributed by atoms with E-state index in [1.807, 2.05) is 0 Å². The molecular formula is C19H15ClO8. The maximum absolute atomic E-state index is 12.1. The van der Waals surface area contributed by atoms with E-state index in [0.29, 0.717) is 10.6 Å². The summed E-state index contributed by atoms with van der Waals surface area (Å²) in [6.45, 7) is -1.25. The van der Waals surface area contributed by atoms with Crippen LogP contribution >= 0.6 is 11.6 Å². The lowest BCUT2D eigenvalue weighted by Crippen LogP contribution is -2.14. The predicted octanol–water partition coefficient (Wildman–Crippen LogP) is 1.82. The second-order valence-electron chi connectivity index (χ2n) is 5.88. The first-order valence-corrected chi connectivity index (χ1v) is 8.42. The Morgan fingerprint density at radius 1 is 0.821 bits per heavy atom. The topological polar surface area (TPSA) is 141 Å². The zero-order valence-corrected chi connectivity index (χ0v) is 15.0. The summed E-state index contributed by atoms with van der Waals surface area (Å²) in [5.74, 6) is -3.80. The van der Waals surface area contributed by atoms with Crippen molar-refractivity contribution < 1.29 is 29.3 Å². The molecule has 0 fully saturated rings. The maximum atomic E-state index is 12.1. The molecule has 8 nitrogen and oxygen atoms in total. The average Bonchev–Trinajstić information content (AvgIpc) is 2.69. The van der Waals surface area contributed by atoms with Crippen LogP contribution in [-0.4, -0.2) is 20.4 Å². The van der Waals surface area contributed by atoms with E-state index < -0.39 is 41.5 Å². The molecule has 0 aliphatic heterocycles. The molecule has 0 amide bonds. The molecular weight excluding hydrogens is 392 g/mol. The van der Waals surface area contributed by atoms with E-state index in [1.165, 1.54) is 24.3 Å². The summed E-state index contributed by atoms with van der Waals surface area (Å²) in [6, 6.07) is 7.89. The highest BCUT2D eigenvalue weighted by molar-refractivity contribution is 6.30. The van der Waals surface area contributed by atoms with Crippen molar-refractivity contribution in [3.8, 4) is 11.5 Å². The van der Waals surface area contributed by atoms with E-state index in [1.54, 1.807) is 0 Å². The van der Waals surface area contributed by atoms with Crippen molar-refractivity contribution in [3.05, 3.63) is 90.5 Å². The number of aliphatic hydroxyl groups is 2. The van der Waals surface area contributed by atoms with Crippen LogP contribution in [0.5, 0.6) is 11.5 Å². The molecule has 2 heterocycles. The number of benzene rings is 1. The number of halogens is 1. The van der Waals surface area contributed by atoms with Gasteiger partial charge in [0.15, 0.2) is 11.5 Å². The SMILES string of the molecule is O=c1cc(CO)oc(C(c2ccc(Cl)cc2)c2oc(CO)cc(=O)c2O)c1O. The Bertz CT molecular complexity index is 1050. The molecule has 0 aliphatic rings. The lowest BCUT2D eigenvalue weighted by molar-refractivity contribution is 0.225. The summed E-state index contributed by atoms with van der Waals surface area (Å²) in [4.78, 5) is 24.2. The third-order valence-corrected chi connectivity index (χ3v) is 4.29. The lowest BCUT2D eigenvalue weighted by Gasteiger charge is -2.19. The lowest BCUT2D eigenvalue weighted by atomic mass is 9.92. The molecule has 146 valence electrons. The van der Waals surface area contributed by atoms with Gasteiger partial charge in [-0.3, -0.25) is 9.59 Å². The van der Waals surface area contributed by atoms with Crippen LogP contribution < -0.4 is 10.9 Å². The maximum Gasteiger partial charge on any atom is 0.227 e. The first-order valence-electron chi connectivity index (χ1n) is 8.04. The molecule has 0 saturated carbocycles. The van der Waals surface area contributed by atoms with Gasteiger partial charge in [0.2, 0.25) is 22.4 Å². The monoisotopic (exact) mass is 406 g/mol. The zero-order chi connectivity index (χ0) is 20.4. The van der Waals surface area contributed by atoms with E-state index >= 15 is 0 Å². The van der Waals surface area contributed by atoms with Crippen molar-refractivity contribution in [2.24, 2.45) is 0 Å². The molecule has 2 aromatic heterocycles. The molecule has 4 N–H and O–H groups in total. The molecule has 0 spiro atoms. The Hall–Kier alpha value is -3.07. The fourth-order valence-electron chi connectivity index (χ4n) is 2.73. The standard InChI is InChI=1S/C19H15ClO8/c20-10-3-1-9(2-4-10)15(18-16(25)13(23)5-11(7-21)27-18)19-17(26)14(24)6-12(8-22)28-19/h1-6,15,21-22,25-26H,7-8H2. The molecule has 0 saturated heterocycles. The van der Waals surface area contributed by atoms with E-state index in [0.717, 1.165) is 12.1 Å². The Balaban J connectivity index is 2.37. The molecule has 0 unspecified atom stereocenters. The number of aromatic hydroxyl groups is 2. The quantitative estimate of drug-likeness (QED) is 0.502. The molecule has 3 rings (SSSR count). The second-order valence-corrected chi connectivity index (χ2v) is 6.32. The molecule has 0 radical (unpaired) electrons. The van der Waals surface area contributed by atoms with E-state index in [4.69, 9.17) is 20.4 Å². The van der Waals surface area contributed by atoms with E-state index in [9.17, 15) is 30.0 Å². The van der Waals surface area contributed by atoms with Crippen molar-refractivity contribution in [2.45, 2.75) is 19.1 Å². The predicted molar refractivity (Wildman–Crippen MR) is 97.5 cm³/mol. The van der Waals surface area contributed by atoms with Crippen LogP contribution in [0.1, 0.15) is 34.5 Å². The van der Waals surface area contributed by atoms with Gasteiger partial charge >= 0.3 is 0 Å². The zero-order valence-electron chi connectivity index (χ0n) is 14.3. The number of rotatable bonds is 5. The second kappa shape index (κ2) is 7.89. The van der Waals surface area contributed by atoms with Gasteiger partial charge in [0.25, 0.3) is 0 Å². The van der Waals surface area contributed by atoms with Crippen LogP contribution in [0.4, 0.5) is 0 Å². The third-order valence-electron chi connectivity index (χ3n) is 4.04. The van der Waals surface area contributed by atoms with Crippen molar-refractivity contribution in [3.63, 3.8) is 0 Å². The fourth-order valence-corrected chi connectivity index (χ4v) is 2.86. The van der Waals surface area contributed by atoms with Gasteiger partial charge in [-0.2, -0.15) is 0 Å². The van der Waals surface area contributed by atoms with Gasteiger partial charge in [-0.15, -0.1) is 0 Å². The molecule has 1 aromatic carbocycles. The Morgan fingerprint density at radius 2 is 1.25 bits per heavy atom. The van der Waals surface area contributed by atoms with Crippen LogP contribution in [0.3, 0.4) is 0 Å². The van der Waals surface area contributed by atoms with Crippen molar-refractivity contribution in [2.75, 3.05) is 0 Å². The highest BCUT2D eigenvalue weighted by Gasteiger charge is 2.31. The van der Waals surface area contributed by atoms with Crippen LogP contribution in [0, 0.1) is 0 Å². The number of hydrogen-bond acceptors (Lipinski definition) is 8. The van der Waals surface area contributed by atoms with E-state index in [2.05, 4.69) is 0 Å². The van der Waals surface area contributed by atoms with Crippen molar-refractivity contribution in [1.82, 2.24) is 0 Å². The summed E-state index contributed by atoms with van der Waals surface area (Å²) in [7, 11) is 0. The average molecular weight is 407 g/mol. The highest BCUT2D eigenvalue weighted by atomic mass is 35.5. The third kappa shape index (κ3) is 3.65. The fraction of sp³-hybridized carbons (Fsp3) is 0.158. The van der Waals surface area contributed by atoms with Crippen molar-refractivity contribution >= 4 is 11.6 Å².